The van der Waals surface area contributed by atoms with Gasteiger partial charge in [0.1, 0.15) is 0 Å². The quantitative estimate of drug-likeness (QED) is 0.544. The molecule has 0 aliphatic heterocycles. The normalized spacial score (nSPS) is 9.67. The highest BCUT2D eigenvalue weighted by Gasteiger charge is 1.97. The van der Waals surface area contributed by atoms with Crippen LogP contribution >= 0.6 is 0 Å². The minimum absolute atomic E-state index is 0.981. The molecule has 0 saturated carbocycles. The summed E-state index contributed by atoms with van der Waals surface area (Å²) in [5, 5.41) is 0. The molecule has 3 nitrogen and oxygen atoms in total. The predicted octanol–water partition coefficient (Wildman–Crippen LogP) is 0.486. The average molecular weight is 125 g/mol. The highest BCUT2D eigenvalue weighted by atomic mass is 15.3. The first-order valence-electron chi connectivity index (χ1n) is 2.86. The molecule has 1 rings (SSSR count). The molecule has 0 radical (unpaired) electrons. The monoisotopic (exact) mass is 125 g/mol. The average Bonchev–Trinajstić information content (AvgIpc) is 2.13. The smallest absolute Gasteiger partial charge is 0.204 e. The number of imidazole rings is 1. The van der Waals surface area contributed by atoms with Crippen molar-refractivity contribution >= 4 is 5.95 Å². The highest BCUT2D eigenvalue weighted by Crippen LogP contribution is 2.03. The lowest BCUT2D eigenvalue weighted by Crippen LogP contribution is -2.13. The standard InChI is InChI=1S/C6H11N3/c1-8(2)6-7-4-5-9(6)3/h4-5H,1-3H3. The third-order valence-electron chi connectivity index (χ3n) is 1.20. The molecule has 0 fully saturated rings. The van der Waals surface area contributed by atoms with Gasteiger partial charge in [-0.1, -0.05) is 0 Å². The number of anilines is 1. The van der Waals surface area contributed by atoms with Gasteiger partial charge in [0.25, 0.3) is 0 Å². The van der Waals surface area contributed by atoms with Crippen molar-refractivity contribution in [3.8, 4) is 0 Å². The van der Waals surface area contributed by atoms with Gasteiger partial charge in [-0.2, -0.15) is 0 Å². The number of aryl methyl sites for hydroxylation is 1. The van der Waals surface area contributed by atoms with Gasteiger partial charge >= 0.3 is 0 Å². The summed E-state index contributed by atoms with van der Waals surface area (Å²) < 4.78 is 1.97. The van der Waals surface area contributed by atoms with Crippen LogP contribution in [0.4, 0.5) is 5.95 Å². The Kier molecular flexibility index (Phi) is 1.42. The van der Waals surface area contributed by atoms with Crippen LogP contribution in [0, 0.1) is 0 Å². The zero-order valence-electron chi connectivity index (χ0n) is 6.00. The number of rotatable bonds is 1. The number of nitrogens with zero attached hydrogens (tertiary/aromatic N) is 3. The van der Waals surface area contributed by atoms with E-state index in [1.165, 1.54) is 0 Å². The van der Waals surface area contributed by atoms with Crippen LogP contribution in [0.15, 0.2) is 12.4 Å². The van der Waals surface area contributed by atoms with E-state index in [1.54, 1.807) is 6.20 Å². The second-order valence-electron chi connectivity index (χ2n) is 2.23. The van der Waals surface area contributed by atoms with Gasteiger partial charge in [0.15, 0.2) is 0 Å². The van der Waals surface area contributed by atoms with Gasteiger partial charge in [0.05, 0.1) is 0 Å². The predicted molar refractivity (Wildman–Crippen MR) is 37.5 cm³/mol. The summed E-state index contributed by atoms with van der Waals surface area (Å²) in [5.41, 5.74) is 0. The molecule has 50 valence electrons. The lowest BCUT2D eigenvalue weighted by molar-refractivity contribution is 0.867. The molecular weight excluding hydrogens is 114 g/mol. The third-order valence-corrected chi connectivity index (χ3v) is 1.20. The maximum absolute atomic E-state index is 4.10. The fourth-order valence-electron chi connectivity index (χ4n) is 0.789. The first-order valence-corrected chi connectivity index (χ1v) is 2.86. The second kappa shape index (κ2) is 2.09. The molecule has 3 heteroatoms. The van der Waals surface area contributed by atoms with Crippen LogP contribution < -0.4 is 4.90 Å². The molecule has 0 saturated heterocycles. The Morgan fingerprint density at radius 1 is 1.56 bits per heavy atom. The molecule has 0 unspecified atom stereocenters. The van der Waals surface area contributed by atoms with E-state index in [1.807, 2.05) is 36.8 Å². The minimum atomic E-state index is 0.981. The molecule has 1 aromatic heterocycles. The number of hydrogen-bond donors (Lipinski definition) is 0. The van der Waals surface area contributed by atoms with E-state index in [9.17, 15) is 0 Å². The van der Waals surface area contributed by atoms with Crippen LogP contribution in [0.25, 0.3) is 0 Å². The van der Waals surface area contributed by atoms with E-state index in [2.05, 4.69) is 4.98 Å². The Balaban J connectivity index is 2.94. The molecule has 0 aromatic carbocycles. The van der Waals surface area contributed by atoms with Crippen molar-refractivity contribution in [1.82, 2.24) is 9.55 Å². The van der Waals surface area contributed by atoms with Gasteiger partial charge in [-0.25, -0.2) is 4.98 Å². The van der Waals surface area contributed by atoms with Crippen LogP contribution in [-0.4, -0.2) is 23.6 Å². The fourth-order valence-corrected chi connectivity index (χ4v) is 0.789. The second-order valence-corrected chi connectivity index (χ2v) is 2.23. The van der Waals surface area contributed by atoms with E-state index in [-0.39, 0.29) is 0 Å². The van der Waals surface area contributed by atoms with Gasteiger partial charge in [0, 0.05) is 33.5 Å². The molecular formula is C6H11N3. The van der Waals surface area contributed by atoms with Gasteiger partial charge in [-0.15, -0.1) is 0 Å². The Hall–Kier alpha value is -0.990. The molecule has 0 atom stereocenters. The van der Waals surface area contributed by atoms with Crippen LogP contribution in [0.2, 0.25) is 0 Å². The van der Waals surface area contributed by atoms with E-state index < -0.39 is 0 Å². The van der Waals surface area contributed by atoms with Gasteiger partial charge in [-0.05, 0) is 0 Å². The highest BCUT2D eigenvalue weighted by molar-refractivity contribution is 5.27. The van der Waals surface area contributed by atoms with Crippen molar-refractivity contribution in [2.24, 2.45) is 7.05 Å². The first kappa shape index (κ1) is 6.13. The Morgan fingerprint density at radius 3 is 2.44 bits per heavy atom. The topological polar surface area (TPSA) is 21.1 Å². The van der Waals surface area contributed by atoms with Crippen LogP contribution in [0.1, 0.15) is 0 Å². The maximum Gasteiger partial charge on any atom is 0.204 e. The van der Waals surface area contributed by atoms with E-state index in [0.717, 1.165) is 5.95 Å². The van der Waals surface area contributed by atoms with Gasteiger partial charge in [-0.3, -0.25) is 0 Å². The molecule has 1 heterocycles. The molecule has 9 heavy (non-hydrogen) atoms. The van der Waals surface area contributed by atoms with Gasteiger partial charge < -0.3 is 9.47 Å². The number of hydrogen-bond acceptors (Lipinski definition) is 2. The minimum Gasteiger partial charge on any atom is -0.348 e. The van der Waals surface area contributed by atoms with Crippen molar-refractivity contribution < 1.29 is 0 Å². The lowest BCUT2D eigenvalue weighted by atomic mass is 10.8. The first-order chi connectivity index (χ1) is 4.22. The maximum atomic E-state index is 4.10. The van der Waals surface area contributed by atoms with Crippen molar-refractivity contribution in [3.05, 3.63) is 12.4 Å². The zero-order valence-corrected chi connectivity index (χ0v) is 6.00. The SMILES string of the molecule is CN(C)c1nccn1C. The summed E-state index contributed by atoms with van der Waals surface area (Å²) in [6.45, 7) is 0. The summed E-state index contributed by atoms with van der Waals surface area (Å²) in [7, 11) is 5.92. The molecule has 1 aromatic rings. The lowest BCUT2D eigenvalue weighted by Gasteiger charge is -2.09. The largest absolute Gasteiger partial charge is 0.348 e. The van der Waals surface area contributed by atoms with E-state index in [4.69, 9.17) is 0 Å². The number of aromatic nitrogens is 2. The Morgan fingerprint density at radius 2 is 2.22 bits per heavy atom. The molecule has 0 amide bonds. The summed E-state index contributed by atoms with van der Waals surface area (Å²) in [4.78, 5) is 6.08. The van der Waals surface area contributed by atoms with Crippen LogP contribution in [0.3, 0.4) is 0 Å². The Labute approximate surface area is 54.9 Å². The molecule has 0 aliphatic carbocycles. The fraction of sp³-hybridized carbons (Fsp3) is 0.500. The summed E-state index contributed by atoms with van der Waals surface area (Å²) in [5.74, 6) is 0.981. The van der Waals surface area contributed by atoms with Crippen molar-refractivity contribution in [1.29, 1.82) is 0 Å². The summed E-state index contributed by atoms with van der Waals surface area (Å²) in [6.07, 6.45) is 3.71. The van der Waals surface area contributed by atoms with Crippen molar-refractivity contribution in [3.63, 3.8) is 0 Å². The molecule has 0 spiro atoms. The van der Waals surface area contributed by atoms with Crippen LogP contribution in [0.5, 0.6) is 0 Å². The van der Waals surface area contributed by atoms with Gasteiger partial charge in [0.2, 0.25) is 5.95 Å². The Bertz CT molecular complexity index is 190. The zero-order chi connectivity index (χ0) is 6.85. The van der Waals surface area contributed by atoms with Crippen LogP contribution in [-0.2, 0) is 7.05 Å². The van der Waals surface area contributed by atoms with Crippen molar-refractivity contribution in [2.75, 3.05) is 19.0 Å². The molecule has 0 N–H and O–H groups in total. The van der Waals surface area contributed by atoms with E-state index >= 15 is 0 Å². The summed E-state index contributed by atoms with van der Waals surface area (Å²) in [6, 6.07) is 0. The third kappa shape index (κ3) is 1.04. The molecule has 0 aliphatic rings. The van der Waals surface area contributed by atoms with E-state index in [0.29, 0.717) is 0 Å². The molecule has 0 bridgehead atoms. The summed E-state index contributed by atoms with van der Waals surface area (Å²) >= 11 is 0. The van der Waals surface area contributed by atoms with Crippen molar-refractivity contribution in [2.45, 2.75) is 0 Å².